The quantitative estimate of drug-likeness (QED) is 0.321. The second-order valence-electron chi connectivity index (χ2n) is 4.06. The Kier molecular flexibility index (Phi) is 1.97. The lowest BCUT2D eigenvalue weighted by Crippen LogP contribution is -2.47. The van der Waals surface area contributed by atoms with Crippen LogP contribution in [0.1, 0.15) is 0 Å². The van der Waals surface area contributed by atoms with Crippen molar-refractivity contribution in [1.29, 1.82) is 0 Å². The molecule has 4 unspecified atom stereocenters. The van der Waals surface area contributed by atoms with E-state index in [9.17, 15) is 9.59 Å². The van der Waals surface area contributed by atoms with E-state index in [1.54, 1.807) is 0 Å². The normalized spacial score (nSPS) is 52.6. The highest BCUT2D eigenvalue weighted by molar-refractivity contribution is 6.00. The summed E-state index contributed by atoms with van der Waals surface area (Å²) in [4.78, 5) is 22.9. The minimum Gasteiger partial charge on any atom is -0.321 e. The third-order valence-corrected chi connectivity index (χ3v) is 3.42. The molecule has 0 spiro atoms. The lowest BCUT2D eigenvalue weighted by molar-refractivity contribution is -0.122. The molecule has 2 fully saturated rings. The predicted molar refractivity (Wildman–Crippen MR) is 48.9 cm³/mol. The summed E-state index contributed by atoms with van der Waals surface area (Å²) in [7, 11) is 0. The average Bonchev–Trinajstić information content (AvgIpc) is 2.51. The highest BCUT2D eigenvalue weighted by atomic mass is 16.1. The molecular formula is C8H14N4O2. The van der Waals surface area contributed by atoms with Crippen molar-refractivity contribution < 1.29 is 9.59 Å². The summed E-state index contributed by atoms with van der Waals surface area (Å²) in [6, 6.07) is -2.94. The van der Waals surface area contributed by atoms with E-state index < -0.39 is 24.2 Å². The molecule has 8 N–H and O–H groups in total. The highest BCUT2D eigenvalue weighted by Gasteiger charge is 2.59. The first-order valence-electron chi connectivity index (χ1n) is 4.56. The smallest absolute Gasteiger partial charge is 0.166 e. The number of fused-ring (bicyclic) bond motifs is 1. The number of hydrogen-bond donors (Lipinski definition) is 4. The first kappa shape index (κ1) is 9.72. The Morgan fingerprint density at radius 3 is 1.07 bits per heavy atom. The van der Waals surface area contributed by atoms with Crippen LogP contribution in [-0.2, 0) is 9.59 Å². The summed E-state index contributed by atoms with van der Waals surface area (Å²) >= 11 is 0. The minimum atomic E-state index is -0.734. The Bertz CT molecular complexity index is 252. The average molecular weight is 198 g/mol. The summed E-state index contributed by atoms with van der Waals surface area (Å²) in [6.07, 6.45) is 0. The second kappa shape index (κ2) is 2.83. The fourth-order valence-corrected chi connectivity index (χ4v) is 2.61. The van der Waals surface area contributed by atoms with Crippen LogP contribution in [0.5, 0.6) is 0 Å². The van der Waals surface area contributed by atoms with Gasteiger partial charge in [0, 0.05) is 11.8 Å². The number of hydrogen-bond acceptors (Lipinski definition) is 6. The molecular weight excluding hydrogens is 184 g/mol. The molecule has 0 radical (unpaired) electrons. The number of rotatable bonds is 0. The second-order valence-corrected chi connectivity index (χ2v) is 4.06. The van der Waals surface area contributed by atoms with Crippen LogP contribution in [0.3, 0.4) is 0 Å². The van der Waals surface area contributed by atoms with Crippen molar-refractivity contribution in [3.63, 3.8) is 0 Å². The molecule has 0 aromatic carbocycles. The molecule has 0 bridgehead atoms. The van der Waals surface area contributed by atoms with Crippen molar-refractivity contribution in [3.05, 3.63) is 0 Å². The van der Waals surface area contributed by atoms with Gasteiger partial charge in [-0.2, -0.15) is 0 Å². The van der Waals surface area contributed by atoms with E-state index in [1.807, 2.05) is 0 Å². The van der Waals surface area contributed by atoms with Crippen LogP contribution in [0.4, 0.5) is 0 Å². The van der Waals surface area contributed by atoms with Crippen molar-refractivity contribution in [2.45, 2.75) is 24.2 Å². The molecule has 0 saturated heterocycles. The van der Waals surface area contributed by atoms with Crippen molar-refractivity contribution in [2.75, 3.05) is 0 Å². The van der Waals surface area contributed by atoms with Gasteiger partial charge in [0.1, 0.15) is 0 Å². The van der Waals surface area contributed by atoms with Crippen molar-refractivity contribution in [1.82, 2.24) is 0 Å². The Morgan fingerprint density at radius 2 is 0.857 bits per heavy atom. The van der Waals surface area contributed by atoms with Crippen molar-refractivity contribution >= 4 is 11.6 Å². The zero-order valence-corrected chi connectivity index (χ0v) is 7.59. The van der Waals surface area contributed by atoms with E-state index >= 15 is 0 Å². The number of carbonyl (C=O) groups is 2. The number of Topliss-reactive ketones (excluding diaryl/α,β-unsaturated/α-hetero) is 2. The van der Waals surface area contributed by atoms with Gasteiger partial charge in [-0.15, -0.1) is 0 Å². The summed E-state index contributed by atoms with van der Waals surface area (Å²) in [5.74, 6) is -1.23. The molecule has 2 rings (SSSR count). The fourth-order valence-electron chi connectivity index (χ4n) is 2.61. The maximum absolute atomic E-state index is 11.4. The highest BCUT2D eigenvalue weighted by Crippen LogP contribution is 2.38. The molecule has 6 heteroatoms. The molecule has 2 aliphatic rings. The van der Waals surface area contributed by atoms with Gasteiger partial charge in [-0.3, -0.25) is 9.59 Å². The third-order valence-electron chi connectivity index (χ3n) is 3.42. The van der Waals surface area contributed by atoms with Crippen LogP contribution in [0.2, 0.25) is 0 Å². The lowest BCUT2D eigenvalue weighted by atomic mass is 9.93. The molecule has 6 nitrogen and oxygen atoms in total. The summed E-state index contributed by atoms with van der Waals surface area (Å²) in [5.41, 5.74) is 22.6. The topological polar surface area (TPSA) is 138 Å². The third kappa shape index (κ3) is 0.936. The maximum atomic E-state index is 11.4. The van der Waals surface area contributed by atoms with Crippen LogP contribution in [0.15, 0.2) is 0 Å². The van der Waals surface area contributed by atoms with Crippen LogP contribution < -0.4 is 22.9 Å². The summed E-state index contributed by atoms with van der Waals surface area (Å²) < 4.78 is 0. The monoisotopic (exact) mass is 198 g/mol. The number of ketones is 2. The van der Waals surface area contributed by atoms with Gasteiger partial charge in [0.25, 0.3) is 0 Å². The van der Waals surface area contributed by atoms with Gasteiger partial charge in [-0.25, -0.2) is 0 Å². The predicted octanol–water partition coefficient (Wildman–Crippen LogP) is -3.31. The molecule has 2 aliphatic carbocycles. The van der Waals surface area contributed by atoms with Gasteiger partial charge in [0.2, 0.25) is 0 Å². The molecule has 14 heavy (non-hydrogen) atoms. The van der Waals surface area contributed by atoms with E-state index in [1.165, 1.54) is 0 Å². The van der Waals surface area contributed by atoms with Crippen LogP contribution in [-0.4, -0.2) is 35.7 Å². The molecule has 78 valence electrons. The molecule has 0 aromatic heterocycles. The van der Waals surface area contributed by atoms with Gasteiger partial charge in [0.05, 0.1) is 24.2 Å². The van der Waals surface area contributed by atoms with E-state index in [0.717, 1.165) is 0 Å². The summed E-state index contributed by atoms with van der Waals surface area (Å²) in [5, 5.41) is 0. The Morgan fingerprint density at radius 1 is 0.643 bits per heavy atom. The molecule has 0 heterocycles. The Hall–Kier alpha value is -0.820. The van der Waals surface area contributed by atoms with Gasteiger partial charge >= 0.3 is 0 Å². The van der Waals surface area contributed by atoms with Gasteiger partial charge in [-0.1, -0.05) is 0 Å². The standard InChI is InChI=1S/C8H14N4O2/c9-3-1-2(5(11)7(3)13)6(12)8(14)4(1)10/h1-6H,9-12H2. The molecule has 0 aromatic rings. The van der Waals surface area contributed by atoms with E-state index in [0.29, 0.717) is 0 Å². The molecule has 2 saturated carbocycles. The fraction of sp³-hybridized carbons (Fsp3) is 0.750. The summed E-state index contributed by atoms with van der Waals surface area (Å²) in [6.45, 7) is 0. The van der Waals surface area contributed by atoms with E-state index in [4.69, 9.17) is 22.9 Å². The van der Waals surface area contributed by atoms with Gasteiger partial charge in [-0.05, 0) is 0 Å². The first-order chi connectivity index (χ1) is 6.46. The van der Waals surface area contributed by atoms with Gasteiger partial charge in [0.15, 0.2) is 11.6 Å². The molecule has 0 amide bonds. The zero-order valence-electron chi connectivity index (χ0n) is 7.59. The number of nitrogens with two attached hydrogens (primary N) is 4. The van der Waals surface area contributed by atoms with Crippen LogP contribution >= 0.6 is 0 Å². The zero-order chi connectivity index (χ0) is 10.6. The largest absolute Gasteiger partial charge is 0.321 e. The minimum absolute atomic E-state index is 0.238. The van der Waals surface area contributed by atoms with Crippen molar-refractivity contribution in [2.24, 2.45) is 34.8 Å². The lowest BCUT2D eigenvalue weighted by Gasteiger charge is -2.17. The van der Waals surface area contributed by atoms with Crippen molar-refractivity contribution in [3.8, 4) is 0 Å². The van der Waals surface area contributed by atoms with E-state index in [-0.39, 0.29) is 23.4 Å². The Balaban J connectivity index is 2.39. The van der Waals surface area contributed by atoms with E-state index in [2.05, 4.69) is 0 Å². The van der Waals surface area contributed by atoms with Crippen LogP contribution in [0, 0.1) is 11.8 Å². The molecule has 4 atom stereocenters. The Labute approximate surface area is 81.0 Å². The first-order valence-corrected chi connectivity index (χ1v) is 4.56. The number of carbonyl (C=O) groups excluding carboxylic acids is 2. The maximum Gasteiger partial charge on any atom is 0.166 e. The van der Waals surface area contributed by atoms with Gasteiger partial charge < -0.3 is 22.9 Å². The SMILES string of the molecule is NC1C(=O)C(N)C2C(N)C(=O)C(N)C12. The molecule has 0 aliphatic heterocycles. The van der Waals surface area contributed by atoms with Crippen LogP contribution in [0.25, 0.3) is 0 Å².